The fourth-order valence-corrected chi connectivity index (χ4v) is 0.0962. The number of ether oxygens (including phenoxy) is 2. The van der Waals surface area contributed by atoms with Crippen LogP contribution in [0.3, 0.4) is 0 Å². The normalized spacial score (nSPS) is 8.57. The zero-order valence-electron chi connectivity index (χ0n) is 4.89. The Bertz CT molecular complexity index is 28.9. The second kappa shape index (κ2) is 6.79. The fraction of sp³-hybridized carbons (Fsp3) is 1.00. The SMILES string of the molecule is COC(C)OC.[Hf]. The Hall–Kier alpha value is 0.790. The van der Waals surface area contributed by atoms with Crippen molar-refractivity contribution in [1.82, 2.24) is 0 Å². The van der Waals surface area contributed by atoms with Crippen molar-refractivity contribution in [3.05, 3.63) is 0 Å². The van der Waals surface area contributed by atoms with Crippen LogP contribution in [0, 0.1) is 0 Å². The minimum absolute atomic E-state index is 0. The van der Waals surface area contributed by atoms with Gasteiger partial charge in [-0.2, -0.15) is 0 Å². The van der Waals surface area contributed by atoms with E-state index in [-0.39, 0.29) is 32.1 Å². The Kier molecular flexibility index (Phi) is 10.4. The molecule has 0 aromatic heterocycles. The molecule has 0 fully saturated rings. The van der Waals surface area contributed by atoms with E-state index in [2.05, 4.69) is 9.47 Å². The average molecular weight is 269 g/mol. The zero-order chi connectivity index (χ0) is 4.99. The van der Waals surface area contributed by atoms with Crippen LogP contribution in [0.15, 0.2) is 0 Å². The summed E-state index contributed by atoms with van der Waals surface area (Å²) in [5.41, 5.74) is 0. The molecule has 42 valence electrons. The van der Waals surface area contributed by atoms with E-state index in [9.17, 15) is 0 Å². The van der Waals surface area contributed by atoms with Gasteiger partial charge in [0.1, 0.15) is 0 Å². The molecule has 0 saturated carbocycles. The Labute approximate surface area is 63.0 Å². The van der Waals surface area contributed by atoms with E-state index in [0.717, 1.165) is 0 Å². The molecule has 0 bridgehead atoms. The second-order valence-corrected chi connectivity index (χ2v) is 1.04. The summed E-state index contributed by atoms with van der Waals surface area (Å²) in [5, 5.41) is 0. The summed E-state index contributed by atoms with van der Waals surface area (Å²) in [7, 11) is 3.21. The topological polar surface area (TPSA) is 18.5 Å². The van der Waals surface area contributed by atoms with Gasteiger partial charge in [-0.05, 0) is 6.92 Å². The van der Waals surface area contributed by atoms with Gasteiger partial charge in [0.2, 0.25) is 0 Å². The molecule has 7 heavy (non-hydrogen) atoms. The minimum Gasteiger partial charge on any atom is -0.356 e. The summed E-state index contributed by atoms with van der Waals surface area (Å²) >= 11 is 0. The predicted octanol–water partition coefficient (Wildman–Crippen LogP) is 0.623. The van der Waals surface area contributed by atoms with Crippen LogP contribution in [0.1, 0.15) is 6.92 Å². The van der Waals surface area contributed by atoms with Crippen molar-refractivity contribution in [1.29, 1.82) is 0 Å². The second-order valence-electron chi connectivity index (χ2n) is 1.04. The standard InChI is InChI=1S/C4H10O2.Hf/c1-4(5-2)6-3;/h4H,1-3H3;. The van der Waals surface area contributed by atoms with Crippen molar-refractivity contribution >= 4 is 0 Å². The summed E-state index contributed by atoms with van der Waals surface area (Å²) in [6.07, 6.45) is -0.0648. The summed E-state index contributed by atoms with van der Waals surface area (Å²) in [5.74, 6) is 0. The molecular formula is C4H10HfO2. The third kappa shape index (κ3) is 6.79. The Morgan fingerprint density at radius 3 is 1.43 bits per heavy atom. The van der Waals surface area contributed by atoms with Crippen molar-refractivity contribution in [2.45, 2.75) is 13.2 Å². The smallest absolute Gasteiger partial charge is 0.154 e. The van der Waals surface area contributed by atoms with Crippen LogP contribution >= 0.6 is 0 Å². The number of rotatable bonds is 2. The Morgan fingerprint density at radius 1 is 1.14 bits per heavy atom. The molecule has 0 aromatic carbocycles. The molecule has 0 radical (unpaired) electrons. The van der Waals surface area contributed by atoms with Gasteiger partial charge in [0, 0.05) is 40.1 Å². The number of hydrogen-bond acceptors (Lipinski definition) is 2. The van der Waals surface area contributed by atoms with Crippen LogP contribution in [0.2, 0.25) is 0 Å². The summed E-state index contributed by atoms with van der Waals surface area (Å²) in [4.78, 5) is 0. The van der Waals surface area contributed by atoms with Crippen LogP contribution in [0.25, 0.3) is 0 Å². The molecular weight excluding hydrogens is 259 g/mol. The van der Waals surface area contributed by atoms with Crippen molar-refractivity contribution in [2.24, 2.45) is 0 Å². The van der Waals surface area contributed by atoms with Crippen LogP contribution < -0.4 is 0 Å². The zero-order valence-corrected chi connectivity index (χ0v) is 8.49. The molecule has 0 N–H and O–H groups in total. The van der Waals surface area contributed by atoms with E-state index in [0.29, 0.717) is 0 Å². The van der Waals surface area contributed by atoms with Crippen molar-refractivity contribution in [3.8, 4) is 0 Å². The first kappa shape index (κ1) is 10.7. The molecule has 3 heteroatoms. The maximum absolute atomic E-state index is 4.68. The Morgan fingerprint density at radius 2 is 1.43 bits per heavy atom. The number of hydrogen-bond donors (Lipinski definition) is 0. The maximum Gasteiger partial charge on any atom is 0.154 e. The molecule has 0 aliphatic carbocycles. The van der Waals surface area contributed by atoms with E-state index in [1.165, 1.54) is 0 Å². The first-order chi connectivity index (χ1) is 2.81. The molecule has 0 heterocycles. The van der Waals surface area contributed by atoms with Gasteiger partial charge in [-0.25, -0.2) is 0 Å². The summed E-state index contributed by atoms with van der Waals surface area (Å²) < 4.78 is 9.35. The van der Waals surface area contributed by atoms with E-state index < -0.39 is 0 Å². The van der Waals surface area contributed by atoms with Crippen LogP contribution in [0.5, 0.6) is 0 Å². The molecule has 0 rings (SSSR count). The minimum atomic E-state index is -0.0648. The van der Waals surface area contributed by atoms with Gasteiger partial charge in [0.25, 0.3) is 0 Å². The van der Waals surface area contributed by atoms with E-state index in [1.807, 2.05) is 6.92 Å². The quantitative estimate of drug-likeness (QED) is 0.540. The van der Waals surface area contributed by atoms with Crippen LogP contribution in [0.4, 0.5) is 0 Å². The van der Waals surface area contributed by atoms with E-state index in [1.54, 1.807) is 14.2 Å². The molecule has 2 nitrogen and oxygen atoms in total. The molecule has 0 amide bonds. The van der Waals surface area contributed by atoms with E-state index >= 15 is 0 Å². The molecule has 0 atom stereocenters. The van der Waals surface area contributed by atoms with Crippen LogP contribution in [-0.2, 0) is 35.3 Å². The van der Waals surface area contributed by atoms with Gasteiger partial charge < -0.3 is 9.47 Å². The molecule has 0 aliphatic rings. The molecule has 0 spiro atoms. The van der Waals surface area contributed by atoms with Gasteiger partial charge >= 0.3 is 0 Å². The van der Waals surface area contributed by atoms with Gasteiger partial charge in [0.05, 0.1) is 0 Å². The molecule has 0 aromatic rings. The summed E-state index contributed by atoms with van der Waals surface area (Å²) in [6, 6.07) is 0. The van der Waals surface area contributed by atoms with Gasteiger partial charge in [-0.1, -0.05) is 0 Å². The third-order valence-electron chi connectivity index (χ3n) is 0.664. The first-order valence-corrected chi connectivity index (χ1v) is 1.87. The van der Waals surface area contributed by atoms with E-state index in [4.69, 9.17) is 0 Å². The summed E-state index contributed by atoms with van der Waals surface area (Å²) in [6.45, 7) is 1.83. The monoisotopic (exact) mass is 270 g/mol. The van der Waals surface area contributed by atoms with Gasteiger partial charge in [-0.3, -0.25) is 0 Å². The molecule has 0 saturated heterocycles. The Balaban J connectivity index is 0. The van der Waals surface area contributed by atoms with Gasteiger partial charge in [-0.15, -0.1) is 0 Å². The largest absolute Gasteiger partial charge is 0.356 e. The molecule has 0 unspecified atom stereocenters. The fourth-order valence-electron chi connectivity index (χ4n) is 0.0962. The van der Waals surface area contributed by atoms with Crippen LogP contribution in [-0.4, -0.2) is 20.5 Å². The average Bonchev–Trinajstić information content (AvgIpc) is 1.65. The number of methoxy groups -OCH3 is 2. The third-order valence-corrected chi connectivity index (χ3v) is 0.664. The molecule has 0 aliphatic heterocycles. The first-order valence-electron chi connectivity index (χ1n) is 1.87. The van der Waals surface area contributed by atoms with Gasteiger partial charge in [0.15, 0.2) is 6.29 Å². The van der Waals surface area contributed by atoms with Crippen molar-refractivity contribution in [3.63, 3.8) is 0 Å². The predicted molar refractivity (Wildman–Crippen MR) is 23.5 cm³/mol. The maximum atomic E-state index is 4.68. The van der Waals surface area contributed by atoms with Crippen molar-refractivity contribution < 1.29 is 35.3 Å². The van der Waals surface area contributed by atoms with Crippen molar-refractivity contribution in [2.75, 3.05) is 14.2 Å².